The number of nitrogens with one attached hydrogen (secondary N) is 2. The fraction of sp³-hybridized carbons (Fsp3) is 0.273. The molecule has 3 N–H and O–H groups in total. The van der Waals surface area contributed by atoms with Crippen LogP contribution in [0.5, 0.6) is 0 Å². The van der Waals surface area contributed by atoms with Gasteiger partial charge in [0.1, 0.15) is 6.04 Å². The van der Waals surface area contributed by atoms with Crippen LogP contribution in [0.2, 0.25) is 0 Å². The molecule has 3 aromatic heterocycles. The number of thiophene rings is 1. The Bertz CT molecular complexity index is 1260. The van der Waals surface area contributed by atoms with Gasteiger partial charge in [-0.05, 0) is 35.9 Å². The van der Waals surface area contributed by atoms with Gasteiger partial charge in [-0.3, -0.25) is 9.36 Å². The standard InChI is InChI=1S/C22H21N5O3S2/c28-19(24-17(21(29)30)10-13-11-23-16-5-2-1-4-15(13)16)12-32-22-26-25-20(18-6-3-9-31-18)27(22)14-7-8-14/h1-6,9,11,14,17,23H,7-8,10,12H2,(H,24,28)(H,29,30)/t17-/m0/s1. The average Bonchev–Trinajstić information content (AvgIpc) is 3.18. The fourth-order valence-corrected chi connectivity index (χ4v) is 5.22. The predicted molar refractivity (Wildman–Crippen MR) is 124 cm³/mol. The summed E-state index contributed by atoms with van der Waals surface area (Å²) in [5.74, 6) is -0.499. The van der Waals surface area contributed by atoms with Gasteiger partial charge in [0.2, 0.25) is 5.91 Å². The van der Waals surface area contributed by atoms with Gasteiger partial charge in [0, 0.05) is 29.6 Å². The minimum atomic E-state index is -1.06. The summed E-state index contributed by atoms with van der Waals surface area (Å²) in [5.41, 5.74) is 1.80. The Kier molecular flexibility index (Phi) is 5.71. The van der Waals surface area contributed by atoms with Gasteiger partial charge in [-0.1, -0.05) is 36.0 Å². The third-order valence-electron chi connectivity index (χ3n) is 5.38. The highest BCUT2D eigenvalue weighted by Crippen LogP contribution is 2.41. The molecule has 8 nitrogen and oxygen atoms in total. The van der Waals surface area contributed by atoms with Crippen LogP contribution in [0.4, 0.5) is 0 Å². The van der Waals surface area contributed by atoms with Gasteiger partial charge in [-0.15, -0.1) is 21.5 Å². The molecule has 0 unspecified atom stereocenters. The third-order valence-corrected chi connectivity index (χ3v) is 7.19. The smallest absolute Gasteiger partial charge is 0.326 e. The number of carbonyl (C=O) groups excluding carboxylic acids is 1. The maximum absolute atomic E-state index is 12.6. The van der Waals surface area contributed by atoms with E-state index in [4.69, 9.17) is 0 Å². The molecule has 1 aliphatic rings. The predicted octanol–water partition coefficient (Wildman–Crippen LogP) is 3.73. The van der Waals surface area contributed by atoms with Crippen molar-refractivity contribution in [1.29, 1.82) is 0 Å². The number of carboxylic acids is 1. The molecule has 1 aromatic carbocycles. The van der Waals surface area contributed by atoms with Gasteiger partial charge in [0.25, 0.3) is 0 Å². The molecule has 1 fully saturated rings. The number of carboxylic acid groups (broad SMARTS) is 1. The molecule has 4 aromatic rings. The van der Waals surface area contributed by atoms with Crippen molar-refractivity contribution < 1.29 is 14.7 Å². The van der Waals surface area contributed by atoms with Gasteiger partial charge in [0.05, 0.1) is 10.6 Å². The number of aliphatic carboxylic acids is 1. The zero-order valence-electron chi connectivity index (χ0n) is 17.0. The average molecular weight is 468 g/mol. The van der Waals surface area contributed by atoms with Crippen LogP contribution in [0.15, 0.2) is 53.1 Å². The molecule has 32 heavy (non-hydrogen) atoms. The van der Waals surface area contributed by atoms with Crippen molar-refractivity contribution in [2.75, 3.05) is 5.75 Å². The highest BCUT2D eigenvalue weighted by Gasteiger charge is 2.31. The van der Waals surface area contributed by atoms with Crippen LogP contribution in [0.25, 0.3) is 21.6 Å². The number of nitrogens with zero attached hydrogens (tertiary/aromatic N) is 3. The van der Waals surface area contributed by atoms with Crippen LogP contribution in [-0.4, -0.2) is 48.5 Å². The first-order valence-electron chi connectivity index (χ1n) is 10.3. The molecular formula is C22H21N5O3S2. The molecule has 1 saturated carbocycles. The van der Waals surface area contributed by atoms with E-state index in [2.05, 4.69) is 25.1 Å². The monoisotopic (exact) mass is 467 g/mol. The zero-order chi connectivity index (χ0) is 22.1. The third kappa shape index (κ3) is 4.28. The molecule has 0 aliphatic heterocycles. The van der Waals surface area contributed by atoms with Gasteiger partial charge in [-0.2, -0.15) is 0 Å². The van der Waals surface area contributed by atoms with Crippen molar-refractivity contribution in [3.05, 3.63) is 53.5 Å². The lowest BCUT2D eigenvalue weighted by atomic mass is 10.1. The number of para-hydroxylation sites is 1. The number of hydrogen-bond donors (Lipinski definition) is 3. The van der Waals surface area contributed by atoms with Crippen molar-refractivity contribution in [3.63, 3.8) is 0 Å². The SMILES string of the molecule is O=C(CSc1nnc(-c2cccs2)n1C1CC1)N[C@@H](Cc1c[nH]c2ccccc12)C(=O)O. The van der Waals surface area contributed by atoms with E-state index < -0.39 is 12.0 Å². The van der Waals surface area contributed by atoms with E-state index in [0.29, 0.717) is 11.2 Å². The molecule has 0 bridgehead atoms. The van der Waals surface area contributed by atoms with Crippen LogP contribution in [-0.2, 0) is 16.0 Å². The topological polar surface area (TPSA) is 113 Å². The first-order valence-corrected chi connectivity index (χ1v) is 12.2. The summed E-state index contributed by atoms with van der Waals surface area (Å²) in [7, 11) is 0. The van der Waals surface area contributed by atoms with E-state index >= 15 is 0 Å². The van der Waals surface area contributed by atoms with Gasteiger partial charge in [-0.25, -0.2) is 4.79 Å². The molecule has 164 valence electrons. The lowest BCUT2D eigenvalue weighted by molar-refractivity contribution is -0.141. The Labute approximate surface area is 192 Å². The second kappa shape index (κ2) is 8.79. The molecule has 1 atom stereocenters. The quantitative estimate of drug-likeness (QED) is 0.323. The number of aromatic nitrogens is 4. The number of benzene rings is 1. The first-order chi connectivity index (χ1) is 15.6. The van der Waals surface area contributed by atoms with Crippen molar-refractivity contribution in [1.82, 2.24) is 25.1 Å². The van der Waals surface area contributed by atoms with E-state index in [-0.39, 0.29) is 18.1 Å². The highest BCUT2D eigenvalue weighted by molar-refractivity contribution is 7.99. The summed E-state index contributed by atoms with van der Waals surface area (Å²) < 4.78 is 2.10. The van der Waals surface area contributed by atoms with E-state index in [1.807, 2.05) is 41.8 Å². The molecule has 5 rings (SSSR count). The second-order valence-corrected chi connectivity index (χ2v) is 9.59. The van der Waals surface area contributed by atoms with Gasteiger partial charge in [0.15, 0.2) is 11.0 Å². The Morgan fingerprint density at radius 3 is 2.84 bits per heavy atom. The first kappa shape index (κ1) is 20.8. The number of aromatic amines is 1. The van der Waals surface area contributed by atoms with Crippen LogP contribution in [0.3, 0.4) is 0 Å². The lowest BCUT2D eigenvalue weighted by Gasteiger charge is -2.14. The van der Waals surface area contributed by atoms with Crippen molar-refractivity contribution in [2.45, 2.75) is 36.5 Å². The van der Waals surface area contributed by atoms with Crippen LogP contribution < -0.4 is 5.32 Å². The number of thioether (sulfide) groups is 1. The summed E-state index contributed by atoms with van der Waals surface area (Å²) >= 11 is 2.90. The highest BCUT2D eigenvalue weighted by atomic mass is 32.2. The minimum Gasteiger partial charge on any atom is -0.480 e. The van der Waals surface area contributed by atoms with Gasteiger partial charge >= 0.3 is 5.97 Å². The number of carbonyl (C=O) groups is 2. The van der Waals surface area contributed by atoms with Crippen LogP contribution in [0, 0.1) is 0 Å². The van der Waals surface area contributed by atoms with Gasteiger partial charge < -0.3 is 15.4 Å². The Morgan fingerprint density at radius 2 is 2.09 bits per heavy atom. The summed E-state index contributed by atoms with van der Waals surface area (Å²) in [4.78, 5) is 28.6. The number of H-pyrrole nitrogens is 1. The molecule has 1 aliphatic carbocycles. The summed E-state index contributed by atoms with van der Waals surface area (Å²) in [6.45, 7) is 0. The fourth-order valence-electron chi connectivity index (χ4n) is 3.70. The summed E-state index contributed by atoms with van der Waals surface area (Å²) in [6, 6.07) is 11.0. The van der Waals surface area contributed by atoms with Crippen molar-refractivity contribution in [3.8, 4) is 10.7 Å². The molecular weight excluding hydrogens is 446 g/mol. The van der Waals surface area contributed by atoms with Crippen LogP contribution in [0.1, 0.15) is 24.4 Å². The molecule has 3 heterocycles. The lowest BCUT2D eigenvalue weighted by Crippen LogP contribution is -2.43. The second-order valence-electron chi connectivity index (χ2n) is 7.70. The van der Waals surface area contributed by atoms with E-state index in [9.17, 15) is 14.7 Å². The number of amides is 1. The number of hydrogen-bond acceptors (Lipinski definition) is 6. The largest absolute Gasteiger partial charge is 0.480 e. The van der Waals surface area contributed by atoms with E-state index in [1.54, 1.807) is 17.5 Å². The Balaban J connectivity index is 1.25. The van der Waals surface area contributed by atoms with Crippen molar-refractivity contribution in [2.24, 2.45) is 0 Å². The minimum absolute atomic E-state index is 0.0763. The number of fused-ring (bicyclic) bond motifs is 1. The molecule has 0 saturated heterocycles. The molecule has 10 heteroatoms. The van der Waals surface area contributed by atoms with E-state index in [0.717, 1.165) is 40.0 Å². The zero-order valence-corrected chi connectivity index (χ0v) is 18.7. The summed E-state index contributed by atoms with van der Waals surface area (Å²) in [6.07, 6.45) is 4.14. The van der Waals surface area contributed by atoms with Crippen molar-refractivity contribution >= 4 is 45.9 Å². The normalized spacial score (nSPS) is 14.5. The molecule has 0 radical (unpaired) electrons. The Morgan fingerprint density at radius 1 is 1.25 bits per heavy atom. The maximum Gasteiger partial charge on any atom is 0.326 e. The van der Waals surface area contributed by atoms with E-state index in [1.165, 1.54) is 11.8 Å². The molecule has 1 amide bonds. The maximum atomic E-state index is 12.6. The molecule has 0 spiro atoms. The van der Waals surface area contributed by atoms with Crippen LogP contribution >= 0.6 is 23.1 Å². The summed E-state index contributed by atoms with van der Waals surface area (Å²) in [5, 5.41) is 24.6. The Hall–Kier alpha value is -3.11. The number of rotatable bonds is 9.